The van der Waals surface area contributed by atoms with E-state index in [2.05, 4.69) is 15.0 Å². The third kappa shape index (κ3) is 6.14. The zero-order chi connectivity index (χ0) is 11.1. The summed E-state index contributed by atoms with van der Waals surface area (Å²) in [5.74, 6) is 0.894. The lowest BCUT2D eigenvalue weighted by molar-refractivity contribution is -0.140. The third-order valence-electron chi connectivity index (χ3n) is 2.61. The van der Waals surface area contributed by atoms with E-state index in [1.807, 2.05) is 0 Å². The maximum Gasteiger partial charge on any atom is 0.307 e. The number of nitrogens with two attached hydrogens (primary N) is 1. The Kier molecular flexibility index (Phi) is 8.32. The Hall–Kier alpha value is -0.530. The van der Waals surface area contributed by atoms with E-state index in [4.69, 9.17) is 5.73 Å². The number of nitrogens with zero attached hydrogens (tertiary/aromatic N) is 1. The van der Waals surface area contributed by atoms with Gasteiger partial charge in [0.05, 0.1) is 13.5 Å². The smallest absolute Gasteiger partial charge is 0.307 e. The van der Waals surface area contributed by atoms with Crippen LogP contribution in [0.3, 0.4) is 0 Å². The fourth-order valence-corrected chi connectivity index (χ4v) is 1.35. The lowest BCUT2D eigenvalue weighted by Gasteiger charge is -2.23. The molecule has 0 aromatic heterocycles. The van der Waals surface area contributed by atoms with Gasteiger partial charge >= 0.3 is 5.97 Å². The molecule has 0 aromatic carbocycles. The number of nitrogens with one attached hydrogen (secondary N) is 1. The average Bonchev–Trinajstić information content (AvgIpc) is 2.15. The van der Waals surface area contributed by atoms with Gasteiger partial charge in [0.25, 0.3) is 0 Å². The molecule has 16 heavy (non-hydrogen) atoms. The van der Waals surface area contributed by atoms with Crippen LogP contribution in [-0.2, 0) is 9.53 Å². The summed E-state index contributed by atoms with van der Waals surface area (Å²) in [6, 6.07) is 0. The van der Waals surface area contributed by atoms with Crippen LogP contribution in [0, 0.1) is 5.92 Å². The van der Waals surface area contributed by atoms with Crippen molar-refractivity contribution in [1.82, 2.24) is 5.32 Å². The predicted octanol–water partition coefficient (Wildman–Crippen LogP) is 0.872. The van der Waals surface area contributed by atoms with Crippen LogP contribution < -0.4 is 11.1 Å². The number of hydrogen-bond acceptors (Lipinski definition) is 3. The Bertz CT molecular complexity index is 242. The second-order valence-corrected chi connectivity index (χ2v) is 3.78. The molecule has 0 heterocycles. The van der Waals surface area contributed by atoms with Gasteiger partial charge in [0.2, 0.25) is 0 Å². The van der Waals surface area contributed by atoms with E-state index in [0.717, 1.165) is 6.54 Å². The number of carbonyl (C=O) groups excluding carboxylic acids is 1. The summed E-state index contributed by atoms with van der Waals surface area (Å²) >= 11 is 0. The lowest BCUT2D eigenvalue weighted by Crippen LogP contribution is -2.34. The average molecular weight is 341 g/mol. The molecule has 0 spiro atoms. The Morgan fingerprint density at radius 1 is 1.56 bits per heavy atom. The highest BCUT2D eigenvalue weighted by molar-refractivity contribution is 14.0. The first-order chi connectivity index (χ1) is 7.22. The van der Waals surface area contributed by atoms with E-state index >= 15 is 0 Å². The molecule has 6 heteroatoms. The molecule has 5 nitrogen and oxygen atoms in total. The summed E-state index contributed by atoms with van der Waals surface area (Å²) in [4.78, 5) is 15.0. The molecule has 0 atom stereocenters. The minimum absolute atomic E-state index is 0. The molecule has 3 N–H and O–H groups in total. The normalized spacial score (nSPS) is 15.9. The van der Waals surface area contributed by atoms with Gasteiger partial charge in [-0.1, -0.05) is 6.42 Å². The lowest BCUT2D eigenvalue weighted by atomic mass is 9.86. The second-order valence-electron chi connectivity index (χ2n) is 3.78. The van der Waals surface area contributed by atoms with Crippen molar-refractivity contribution in [3.05, 3.63) is 0 Å². The van der Waals surface area contributed by atoms with Crippen LogP contribution in [-0.4, -0.2) is 32.1 Å². The number of esters is 1. The van der Waals surface area contributed by atoms with Crippen LogP contribution in [0.15, 0.2) is 4.99 Å². The van der Waals surface area contributed by atoms with Crippen LogP contribution in [0.5, 0.6) is 0 Å². The van der Waals surface area contributed by atoms with E-state index in [1.54, 1.807) is 0 Å². The fourth-order valence-electron chi connectivity index (χ4n) is 1.35. The van der Waals surface area contributed by atoms with Gasteiger partial charge in [-0.2, -0.15) is 0 Å². The highest BCUT2D eigenvalue weighted by Gasteiger charge is 2.16. The minimum atomic E-state index is -0.241. The van der Waals surface area contributed by atoms with Gasteiger partial charge in [-0.15, -0.1) is 24.0 Å². The van der Waals surface area contributed by atoms with Crippen molar-refractivity contribution in [1.29, 1.82) is 0 Å². The van der Waals surface area contributed by atoms with Crippen molar-refractivity contribution in [3.63, 3.8) is 0 Å². The highest BCUT2D eigenvalue weighted by Crippen LogP contribution is 2.26. The van der Waals surface area contributed by atoms with Gasteiger partial charge in [-0.05, 0) is 18.8 Å². The molecule has 0 radical (unpaired) electrons. The molecule has 0 aliphatic heterocycles. The van der Waals surface area contributed by atoms with Crippen LogP contribution in [0.2, 0.25) is 0 Å². The second kappa shape index (κ2) is 8.60. The molecular formula is C10H20IN3O2. The number of halogens is 1. The quantitative estimate of drug-likeness (QED) is 0.337. The van der Waals surface area contributed by atoms with Crippen molar-refractivity contribution in [2.75, 3.05) is 20.2 Å². The monoisotopic (exact) mass is 341 g/mol. The first kappa shape index (κ1) is 15.5. The Labute approximate surface area is 113 Å². The van der Waals surface area contributed by atoms with Gasteiger partial charge in [0.15, 0.2) is 5.96 Å². The van der Waals surface area contributed by atoms with Gasteiger partial charge < -0.3 is 15.8 Å². The van der Waals surface area contributed by atoms with Crippen molar-refractivity contribution >= 4 is 35.9 Å². The van der Waals surface area contributed by atoms with Crippen molar-refractivity contribution in [2.45, 2.75) is 25.7 Å². The molecule has 1 aliphatic carbocycles. The number of rotatable bonds is 5. The summed E-state index contributed by atoms with van der Waals surface area (Å²) in [5, 5.41) is 2.88. The molecule has 0 saturated heterocycles. The van der Waals surface area contributed by atoms with E-state index < -0.39 is 0 Å². The molecule has 1 aliphatic rings. The summed E-state index contributed by atoms with van der Waals surface area (Å²) in [6.07, 6.45) is 4.16. The minimum Gasteiger partial charge on any atom is -0.469 e. The zero-order valence-electron chi connectivity index (χ0n) is 9.57. The largest absolute Gasteiger partial charge is 0.469 e. The molecular weight excluding hydrogens is 321 g/mol. The van der Waals surface area contributed by atoms with Crippen LogP contribution >= 0.6 is 24.0 Å². The van der Waals surface area contributed by atoms with Gasteiger partial charge in [0, 0.05) is 13.1 Å². The maximum atomic E-state index is 10.8. The third-order valence-corrected chi connectivity index (χ3v) is 2.61. The summed E-state index contributed by atoms with van der Waals surface area (Å²) in [5.41, 5.74) is 5.62. The number of guanidine groups is 1. The Morgan fingerprint density at radius 3 is 2.75 bits per heavy atom. The fraction of sp³-hybridized carbons (Fsp3) is 0.800. The van der Waals surface area contributed by atoms with Crippen molar-refractivity contribution in [2.24, 2.45) is 16.6 Å². The first-order valence-electron chi connectivity index (χ1n) is 5.33. The molecule has 0 unspecified atom stereocenters. The Morgan fingerprint density at radius 2 is 2.25 bits per heavy atom. The number of hydrogen-bond donors (Lipinski definition) is 2. The van der Waals surface area contributed by atoms with E-state index in [1.165, 1.54) is 26.4 Å². The standard InChI is InChI=1S/C10H19N3O2.HI/c1-15-9(14)5-6-12-10(11)13-7-8-3-2-4-8;/h8H,2-7H2,1H3,(H3,11,12,13);1H. The molecule has 1 rings (SSSR count). The van der Waals surface area contributed by atoms with Crippen molar-refractivity contribution in [3.8, 4) is 0 Å². The van der Waals surface area contributed by atoms with Gasteiger partial charge in [-0.25, -0.2) is 0 Å². The van der Waals surface area contributed by atoms with E-state index in [-0.39, 0.29) is 29.9 Å². The number of ether oxygens (including phenoxy) is 1. The molecule has 0 amide bonds. The summed E-state index contributed by atoms with van der Waals surface area (Å²) in [7, 11) is 1.37. The first-order valence-corrected chi connectivity index (χ1v) is 5.33. The summed E-state index contributed by atoms with van der Waals surface area (Å²) in [6.45, 7) is 1.28. The SMILES string of the molecule is COC(=O)CCNC(N)=NCC1CCC1.I. The molecule has 0 bridgehead atoms. The summed E-state index contributed by atoms with van der Waals surface area (Å²) < 4.78 is 4.50. The molecule has 94 valence electrons. The maximum absolute atomic E-state index is 10.8. The van der Waals surface area contributed by atoms with Gasteiger partial charge in [-0.3, -0.25) is 9.79 Å². The topological polar surface area (TPSA) is 76.7 Å². The number of methoxy groups -OCH3 is 1. The van der Waals surface area contributed by atoms with Crippen LogP contribution in [0.25, 0.3) is 0 Å². The van der Waals surface area contributed by atoms with Crippen molar-refractivity contribution < 1.29 is 9.53 Å². The number of carbonyl (C=O) groups is 1. The predicted molar refractivity (Wildman–Crippen MR) is 73.9 cm³/mol. The van der Waals surface area contributed by atoms with Crippen LogP contribution in [0.4, 0.5) is 0 Å². The molecule has 1 saturated carbocycles. The van der Waals surface area contributed by atoms with E-state index in [0.29, 0.717) is 24.8 Å². The molecule has 0 aromatic rings. The zero-order valence-corrected chi connectivity index (χ0v) is 11.9. The van der Waals surface area contributed by atoms with Crippen LogP contribution in [0.1, 0.15) is 25.7 Å². The van der Waals surface area contributed by atoms with E-state index in [9.17, 15) is 4.79 Å². The van der Waals surface area contributed by atoms with Gasteiger partial charge in [0.1, 0.15) is 0 Å². The Balaban J connectivity index is 0.00000225. The number of aliphatic imine (C=N–C) groups is 1. The highest BCUT2D eigenvalue weighted by atomic mass is 127. The molecule has 1 fully saturated rings.